The fraction of sp³-hybridized carbons (Fsp3) is 0.750. The number of ether oxygens (including phenoxy) is 6. The van der Waals surface area contributed by atoms with Gasteiger partial charge in [-0.25, -0.2) is 0 Å². The van der Waals surface area contributed by atoms with Crippen molar-refractivity contribution in [3.05, 3.63) is 0 Å². The summed E-state index contributed by atoms with van der Waals surface area (Å²) in [6.45, 7) is 6.00. The molecule has 0 aromatic carbocycles. The van der Waals surface area contributed by atoms with Crippen molar-refractivity contribution in [2.24, 2.45) is 0 Å². The first kappa shape index (κ1) is 28.5. The van der Waals surface area contributed by atoms with Gasteiger partial charge in [-0.2, -0.15) is 0 Å². The Hall–Kier alpha value is -2.51. The summed E-state index contributed by atoms with van der Waals surface area (Å²) < 4.78 is 32.0. The molecule has 0 spiro atoms. The molecular weight excluding hydrogens is 462 g/mol. The maximum absolute atomic E-state index is 11.8. The van der Waals surface area contributed by atoms with Crippen LogP contribution in [0.15, 0.2) is 0 Å². The number of carbonyl (C=O) groups excluding carboxylic acids is 4. The molecule has 188 valence electrons. The van der Waals surface area contributed by atoms with Crippen molar-refractivity contribution >= 4 is 41.3 Å². The Labute approximate surface area is 197 Å². The van der Waals surface area contributed by atoms with Gasteiger partial charge in [0.15, 0.2) is 24.5 Å². The van der Waals surface area contributed by atoms with Crippen LogP contribution >= 0.6 is 12.2 Å². The highest BCUT2D eigenvalue weighted by atomic mass is 32.1. The minimum Gasteiger partial charge on any atom is -0.468 e. The Morgan fingerprint density at radius 2 is 1.45 bits per heavy atom. The summed E-state index contributed by atoms with van der Waals surface area (Å²) in [4.78, 5) is 46.6. The maximum Gasteiger partial charge on any atom is 0.303 e. The lowest BCUT2D eigenvalue weighted by atomic mass is 9.97. The molecule has 1 aliphatic heterocycles. The Balaban J connectivity index is 3.19. The second kappa shape index (κ2) is 13.9. The maximum atomic E-state index is 11.8. The van der Waals surface area contributed by atoms with E-state index in [1.165, 1.54) is 6.92 Å². The molecule has 13 heteroatoms. The molecule has 6 atom stereocenters. The van der Waals surface area contributed by atoms with Crippen molar-refractivity contribution in [3.8, 4) is 0 Å². The zero-order valence-electron chi connectivity index (χ0n) is 19.2. The molecule has 0 aromatic heterocycles. The van der Waals surface area contributed by atoms with Gasteiger partial charge >= 0.3 is 23.9 Å². The largest absolute Gasteiger partial charge is 0.468 e. The smallest absolute Gasteiger partial charge is 0.303 e. The number of carbonyl (C=O) groups is 4. The number of hydrogen-bond donors (Lipinski definition) is 2. The molecule has 1 rings (SSSR count). The number of esters is 4. The van der Waals surface area contributed by atoms with E-state index in [2.05, 4.69) is 5.32 Å². The highest BCUT2D eigenvalue weighted by molar-refractivity contribution is 7.80. The van der Waals surface area contributed by atoms with Crippen LogP contribution in [0.5, 0.6) is 0 Å². The SMILES string of the molecule is CCCC(O)COC(=S)N[C@@H]1O[C@H](COC(C)=O)[C@@H](OC(C)=O)[C@H](OC(C)=O)[C@H]1OC(C)=O. The monoisotopic (exact) mass is 493 g/mol. The number of aliphatic hydroxyl groups is 1. The molecule has 0 aromatic rings. The van der Waals surface area contributed by atoms with Crippen LogP contribution in [0.1, 0.15) is 47.5 Å². The van der Waals surface area contributed by atoms with E-state index >= 15 is 0 Å². The van der Waals surface area contributed by atoms with E-state index in [-0.39, 0.29) is 18.4 Å². The predicted octanol–water partition coefficient (Wildman–Crippen LogP) is 0.122. The van der Waals surface area contributed by atoms with Gasteiger partial charge in [0, 0.05) is 27.7 Å². The first-order valence-electron chi connectivity index (χ1n) is 10.4. The van der Waals surface area contributed by atoms with Gasteiger partial charge in [0.05, 0.1) is 6.10 Å². The van der Waals surface area contributed by atoms with Crippen molar-refractivity contribution in [2.75, 3.05) is 13.2 Å². The van der Waals surface area contributed by atoms with E-state index in [1.54, 1.807) is 0 Å². The van der Waals surface area contributed by atoms with Crippen LogP contribution in [0.4, 0.5) is 0 Å². The van der Waals surface area contributed by atoms with Crippen molar-refractivity contribution in [2.45, 2.75) is 84.2 Å². The minimum atomic E-state index is -1.32. The van der Waals surface area contributed by atoms with Crippen molar-refractivity contribution in [1.82, 2.24) is 5.32 Å². The summed E-state index contributed by atoms with van der Waals surface area (Å²) in [6.07, 6.45) is -5.76. The molecule has 1 unspecified atom stereocenters. The topological polar surface area (TPSA) is 156 Å². The lowest BCUT2D eigenvalue weighted by Crippen LogP contribution is -2.66. The highest BCUT2D eigenvalue weighted by Crippen LogP contribution is 2.28. The standard InChI is InChI=1S/C20H31NO11S/c1-6-7-14(26)8-28-20(33)21-19-18(31-13(5)25)17(30-12(4)24)16(29-11(3)23)15(32-19)9-27-10(2)22/h14-19,26H,6-9H2,1-5H3,(H,21,33)/t14?,15-,16-,17+,18-,19-/m1/s1. The average Bonchev–Trinajstić information content (AvgIpc) is 2.68. The van der Waals surface area contributed by atoms with Gasteiger partial charge in [0.2, 0.25) is 0 Å². The first-order valence-corrected chi connectivity index (χ1v) is 10.8. The Bertz CT molecular complexity index is 716. The predicted molar refractivity (Wildman–Crippen MR) is 115 cm³/mol. The molecule has 1 heterocycles. The quantitative estimate of drug-likeness (QED) is 0.241. The number of nitrogens with one attached hydrogen (secondary N) is 1. The third kappa shape index (κ3) is 10.3. The Morgan fingerprint density at radius 1 is 0.909 bits per heavy atom. The lowest BCUT2D eigenvalue weighted by Gasteiger charge is -2.44. The Kier molecular flexibility index (Phi) is 12.0. The van der Waals surface area contributed by atoms with Crippen LogP contribution < -0.4 is 5.32 Å². The van der Waals surface area contributed by atoms with Crippen LogP contribution in [0, 0.1) is 0 Å². The van der Waals surface area contributed by atoms with E-state index in [1.807, 2.05) is 6.92 Å². The van der Waals surface area contributed by atoms with Crippen molar-refractivity contribution in [3.63, 3.8) is 0 Å². The molecule has 0 saturated carbocycles. The number of thiocarbonyl (C=S) groups is 1. The number of rotatable bonds is 10. The number of aliphatic hydroxyl groups excluding tert-OH is 1. The summed E-state index contributed by atoms with van der Waals surface area (Å²) in [5, 5.41) is 12.3. The zero-order valence-corrected chi connectivity index (χ0v) is 20.0. The molecule has 0 bridgehead atoms. The van der Waals surface area contributed by atoms with E-state index in [0.29, 0.717) is 6.42 Å². The molecule has 12 nitrogen and oxygen atoms in total. The van der Waals surface area contributed by atoms with Crippen LogP contribution in [0.2, 0.25) is 0 Å². The van der Waals surface area contributed by atoms with Gasteiger partial charge in [-0.05, 0) is 18.6 Å². The van der Waals surface area contributed by atoms with Gasteiger partial charge in [-0.1, -0.05) is 13.3 Å². The molecular formula is C20H31NO11S. The summed E-state index contributed by atoms with van der Waals surface area (Å²) in [5.41, 5.74) is 0. The van der Waals surface area contributed by atoms with E-state index in [9.17, 15) is 24.3 Å². The summed E-state index contributed by atoms with van der Waals surface area (Å²) in [5.74, 6) is -2.84. The molecule has 0 amide bonds. The van der Waals surface area contributed by atoms with Gasteiger partial charge in [-0.3, -0.25) is 19.2 Å². The normalized spacial score (nSPS) is 25.2. The molecule has 1 fully saturated rings. The third-order valence-electron chi connectivity index (χ3n) is 4.28. The molecule has 1 saturated heterocycles. The first-order chi connectivity index (χ1) is 15.4. The third-order valence-corrected chi connectivity index (χ3v) is 4.52. The van der Waals surface area contributed by atoms with Crippen LogP contribution in [-0.4, -0.2) is 84.1 Å². The molecule has 0 radical (unpaired) electrons. The number of hydrogen-bond acceptors (Lipinski definition) is 12. The fourth-order valence-electron chi connectivity index (χ4n) is 3.09. The second-order valence-corrected chi connectivity index (χ2v) is 7.68. The summed E-state index contributed by atoms with van der Waals surface area (Å²) in [7, 11) is 0. The highest BCUT2D eigenvalue weighted by Gasteiger charge is 2.52. The summed E-state index contributed by atoms with van der Waals surface area (Å²) >= 11 is 5.13. The lowest BCUT2D eigenvalue weighted by molar-refractivity contribution is -0.255. The zero-order chi connectivity index (χ0) is 25.1. The van der Waals surface area contributed by atoms with Crippen molar-refractivity contribution < 1.29 is 52.7 Å². The van der Waals surface area contributed by atoms with Gasteiger partial charge < -0.3 is 38.8 Å². The van der Waals surface area contributed by atoms with Gasteiger partial charge in [-0.15, -0.1) is 0 Å². The molecule has 33 heavy (non-hydrogen) atoms. The molecule has 1 aliphatic rings. The van der Waals surface area contributed by atoms with Crippen LogP contribution in [0.25, 0.3) is 0 Å². The molecule has 0 aliphatic carbocycles. The minimum absolute atomic E-state index is 0.0923. The summed E-state index contributed by atoms with van der Waals surface area (Å²) in [6, 6.07) is 0. The fourth-order valence-corrected chi connectivity index (χ4v) is 3.28. The van der Waals surface area contributed by atoms with Gasteiger partial charge in [0.25, 0.3) is 5.17 Å². The van der Waals surface area contributed by atoms with Gasteiger partial charge in [0.1, 0.15) is 19.3 Å². The average molecular weight is 494 g/mol. The van der Waals surface area contributed by atoms with Crippen LogP contribution in [0.3, 0.4) is 0 Å². The van der Waals surface area contributed by atoms with E-state index < -0.39 is 60.6 Å². The van der Waals surface area contributed by atoms with E-state index in [0.717, 1.165) is 27.2 Å². The molecule has 2 N–H and O–H groups in total. The van der Waals surface area contributed by atoms with Crippen LogP contribution in [-0.2, 0) is 47.6 Å². The van der Waals surface area contributed by atoms with E-state index in [4.69, 9.17) is 40.6 Å². The van der Waals surface area contributed by atoms with Crippen molar-refractivity contribution in [1.29, 1.82) is 0 Å². The second-order valence-electron chi connectivity index (χ2n) is 7.31. The Morgan fingerprint density at radius 3 is 1.97 bits per heavy atom.